The van der Waals surface area contributed by atoms with Crippen molar-refractivity contribution in [2.45, 2.75) is 26.9 Å². The van der Waals surface area contributed by atoms with Crippen LogP contribution in [0, 0.1) is 13.8 Å². The predicted molar refractivity (Wildman–Crippen MR) is 58.0 cm³/mol. The number of ether oxygens (including phenoxy) is 1. The third-order valence-electron chi connectivity index (χ3n) is 2.95. The number of hydrogen-bond donors (Lipinski definition) is 0. The fraction of sp³-hybridized carbons (Fsp3) is 0.417. The number of imidazole rings is 1. The Kier molecular flexibility index (Phi) is 1.83. The zero-order valence-electron chi connectivity index (χ0n) is 9.08. The molecule has 2 aromatic rings. The number of aromatic nitrogens is 2. The maximum atomic E-state index is 5.42. The van der Waals surface area contributed by atoms with Gasteiger partial charge in [0.05, 0.1) is 24.6 Å². The molecule has 3 rings (SSSR count). The summed E-state index contributed by atoms with van der Waals surface area (Å²) in [5.74, 6) is 0. The Hall–Kier alpha value is -1.35. The van der Waals surface area contributed by atoms with Gasteiger partial charge in [-0.15, -0.1) is 0 Å². The minimum absolute atomic E-state index is 0.662. The summed E-state index contributed by atoms with van der Waals surface area (Å²) in [4.78, 5) is 4.61. The number of pyridine rings is 1. The van der Waals surface area contributed by atoms with E-state index in [9.17, 15) is 0 Å². The van der Waals surface area contributed by atoms with E-state index in [2.05, 4.69) is 35.4 Å². The first-order valence-electron chi connectivity index (χ1n) is 5.31. The van der Waals surface area contributed by atoms with Crippen LogP contribution in [0.2, 0.25) is 0 Å². The smallest absolute Gasteiger partial charge is 0.137 e. The van der Waals surface area contributed by atoms with Crippen LogP contribution < -0.4 is 0 Å². The maximum absolute atomic E-state index is 5.42. The molecule has 0 aromatic carbocycles. The molecule has 0 amide bonds. The Morgan fingerprint density at radius 3 is 3.07 bits per heavy atom. The predicted octanol–water partition coefficient (Wildman–Crippen LogP) is 2.02. The van der Waals surface area contributed by atoms with E-state index in [1.807, 2.05) is 0 Å². The van der Waals surface area contributed by atoms with E-state index in [-0.39, 0.29) is 0 Å². The van der Waals surface area contributed by atoms with Crippen molar-refractivity contribution < 1.29 is 4.74 Å². The Bertz CT molecular complexity index is 528. The SMILES string of the molecule is Cc1cc(C)n2c3c(nc2c1)COCC3. The Morgan fingerprint density at radius 2 is 2.20 bits per heavy atom. The van der Waals surface area contributed by atoms with Crippen molar-refractivity contribution in [1.29, 1.82) is 0 Å². The number of aryl methyl sites for hydroxylation is 2. The van der Waals surface area contributed by atoms with Gasteiger partial charge in [0.25, 0.3) is 0 Å². The lowest BCUT2D eigenvalue weighted by Gasteiger charge is -2.12. The monoisotopic (exact) mass is 202 g/mol. The molecule has 0 spiro atoms. The summed E-state index contributed by atoms with van der Waals surface area (Å²) < 4.78 is 7.67. The molecule has 3 heteroatoms. The second-order valence-electron chi connectivity index (χ2n) is 4.18. The Balaban J connectivity index is 2.37. The van der Waals surface area contributed by atoms with E-state index in [0.29, 0.717) is 6.61 Å². The second-order valence-corrected chi connectivity index (χ2v) is 4.18. The molecule has 0 radical (unpaired) electrons. The summed E-state index contributed by atoms with van der Waals surface area (Å²) in [7, 11) is 0. The number of fused-ring (bicyclic) bond motifs is 3. The lowest BCUT2D eigenvalue weighted by molar-refractivity contribution is 0.107. The highest BCUT2D eigenvalue weighted by atomic mass is 16.5. The van der Waals surface area contributed by atoms with Crippen LogP contribution in [-0.4, -0.2) is 16.0 Å². The van der Waals surface area contributed by atoms with Crippen LogP contribution >= 0.6 is 0 Å². The normalized spacial score (nSPS) is 15.6. The molecule has 0 atom stereocenters. The molecule has 0 unspecified atom stereocenters. The van der Waals surface area contributed by atoms with Crippen LogP contribution in [0.15, 0.2) is 12.1 Å². The van der Waals surface area contributed by atoms with Crippen molar-refractivity contribution in [3.8, 4) is 0 Å². The molecule has 78 valence electrons. The topological polar surface area (TPSA) is 26.5 Å². The van der Waals surface area contributed by atoms with E-state index < -0.39 is 0 Å². The molecule has 1 aliphatic heterocycles. The van der Waals surface area contributed by atoms with Crippen LogP contribution in [0.4, 0.5) is 0 Å². The summed E-state index contributed by atoms with van der Waals surface area (Å²) in [6.45, 7) is 5.72. The Morgan fingerprint density at radius 1 is 1.33 bits per heavy atom. The van der Waals surface area contributed by atoms with E-state index in [1.165, 1.54) is 17.0 Å². The van der Waals surface area contributed by atoms with Gasteiger partial charge in [0, 0.05) is 12.1 Å². The third-order valence-corrected chi connectivity index (χ3v) is 2.95. The molecule has 1 aliphatic rings. The van der Waals surface area contributed by atoms with E-state index in [0.717, 1.165) is 24.4 Å². The zero-order chi connectivity index (χ0) is 10.4. The van der Waals surface area contributed by atoms with Gasteiger partial charge in [-0.3, -0.25) is 0 Å². The molecule has 0 aliphatic carbocycles. The van der Waals surface area contributed by atoms with Crippen molar-refractivity contribution in [2.75, 3.05) is 6.61 Å². The van der Waals surface area contributed by atoms with Crippen LogP contribution in [-0.2, 0) is 17.8 Å². The van der Waals surface area contributed by atoms with Gasteiger partial charge < -0.3 is 9.14 Å². The summed E-state index contributed by atoms with van der Waals surface area (Å²) in [5.41, 5.74) is 6.02. The lowest BCUT2D eigenvalue weighted by atomic mass is 10.2. The first-order chi connectivity index (χ1) is 7.25. The summed E-state index contributed by atoms with van der Waals surface area (Å²) in [6.07, 6.45) is 0.973. The van der Waals surface area contributed by atoms with Crippen molar-refractivity contribution in [3.05, 3.63) is 34.8 Å². The first-order valence-corrected chi connectivity index (χ1v) is 5.31. The quantitative estimate of drug-likeness (QED) is 0.653. The minimum Gasteiger partial charge on any atom is -0.375 e. The fourth-order valence-corrected chi connectivity index (χ4v) is 2.36. The minimum atomic E-state index is 0.662. The standard InChI is InChI=1S/C12H14N2O/c1-8-5-9(2)14-11-3-4-15-7-10(11)13-12(14)6-8/h5-6H,3-4,7H2,1-2H3. The average molecular weight is 202 g/mol. The molecule has 3 heterocycles. The molecule has 0 bridgehead atoms. The molecule has 3 nitrogen and oxygen atoms in total. The zero-order valence-corrected chi connectivity index (χ0v) is 9.08. The first kappa shape index (κ1) is 8.92. The van der Waals surface area contributed by atoms with Gasteiger partial charge >= 0.3 is 0 Å². The van der Waals surface area contributed by atoms with E-state index in [4.69, 9.17) is 4.74 Å². The van der Waals surface area contributed by atoms with Crippen LogP contribution in [0.5, 0.6) is 0 Å². The highest BCUT2D eigenvalue weighted by Gasteiger charge is 2.17. The van der Waals surface area contributed by atoms with E-state index in [1.54, 1.807) is 0 Å². The van der Waals surface area contributed by atoms with Gasteiger partial charge in [0.15, 0.2) is 0 Å². The molecule has 0 N–H and O–H groups in total. The molecular formula is C12H14N2O. The van der Waals surface area contributed by atoms with Crippen molar-refractivity contribution in [3.63, 3.8) is 0 Å². The molecule has 15 heavy (non-hydrogen) atoms. The molecular weight excluding hydrogens is 188 g/mol. The van der Waals surface area contributed by atoms with Crippen LogP contribution in [0.3, 0.4) is 0 Å². The van der Waals surface area contributed by atoms with Crippen LogP contribution in [0.1, 0.15) is 22.6 Å². The average Bonchev–Trinajstić information content (AvgIpc) is 2.54. The lowest BCUT2D eigenvalue weighted by Crippen LogP contribution is -2.11. The van der Waals surface area contributed by atoms with Gasteiger partial charge in [-0.1, -0.05) is 0 Å². The molecule has 0 saturated carbocycles. The van der Waals surface area contributed by atoms with Crippen molar-refractivity contribution in [2.24, 2.45) is 0 Å². The molecule has 0 fully saturated rings. The number of hydrogen-bond acceptors (Lipinski definition) is 2. The third kappa shape index (κ3) is 1.27. The van der Waals surface area contributed by atoms with Crippen molar-refractivity contribution >= 4 is 5.65 Å². The van der Waals surface area contributed by atoms with Gasteiger partial charge in [-0.05, 0) is 31.5 Å². The summed E-state index contributed by atoms with van der Waals surface area (Å²) >= 11 is 0. The Labute approximate surface area is 88.7 Å². The van der Waals surface area contributed by atoms with E-state index >= 15 is 0 Å². The number of rotatable bonds is 0. The summed E-state index contributed by atoms with van der Waals surface area (Å²) in [5, 5.41) is 0. The maximum Gasteiger partial charge on any atom is 0.137 e. The fourth-order valence-electron chi connectivity index (χ4n) is 2.36. The van der Waals surface area contributed by atoms with Gasteiger partial charge in [-0.25, -0.2) is 4.98 Å². The molecule has 0 saturated heterocycles. The van der Waals surface area contributed by atoms with Gasteiger partial charge in [0.1, 0.15) is 5.65 Å². The summed E-state index contributed by atoms with van der Waals surface area (Å²) in [6, 6.07) is 4.33. The van der Waals surface area contributed by atoms with Gasteiger partial charge in [-0.2, -0.15) is 0 Å². The number of nitrogens with zero attached hydrogens (tertiary/aromatic N) is 2. The van der Waals surface area contributed by atoms with Crippen molar-refractivity contribution in [1.82, 2.24) is 9.38 Å². The molecule has 2 aromatic heterocycles. The highest BCUT2D eigenvalue weighted by Crippen LogP contribution is 2.21. The second kappa shape index (κ2) is 3.07. The van der Waals surface area contributed by atoms with Crippen LogP contribution in [0.25, 0.3) is 5.65 Å². The van der Waals surface area contributed by atoms with Gasteiger partial charge in [0.2, 0.25) is 0 Å². The highest BCUT2D eigenvalue weighted by molar-refractivity contribution is 5.48. The largest absolute Gasteiger partial charge is 0.375 e.